The summed E-state index contributed by atoms with van der Waals surface area (Å²) in [5.41, 5.74) is 0.702. The second kappa shape index (κ2) is 6.38. The van der Waals surface area contributed by atoms with Gasteiger partial charge in [0.25, 0.3) is 5.91 Å². The summed E-state index contributed by atoms with van der Waals surface area (Å²) in [4.78, 5) is 18.6. The van der Waals surface area contributed by atoms with Crippen LogP contribution in [0.25, 0.3) is 0 Å². The molecule has 0 radical (unpaired) electrons. The number of carbonyl (C=O) groups is 1. The van der Waals surface area contributed by atoms with Crippen LogP contribution in [0, 0.1) is 0 Å². The normalized spacial score (nSPS) is 15.5. The summed E-state index contributed by atoms with van der Waals surface area (Å²) in [5.74, 6) is 0.830. The number of hydrogen-bond acceptors (Lipinski definition) is 3. The van der Waals surface area contributed by atoms with Crippen molar-refractivity contribution in [3.8, 4) is 0 Å². The lowest BCUT2D eigenvalue weighted by Crippen LogP contribution is -2.36. The van der Waals surface area contributed by atoms with E-state index in [1.807, 2.05) is 17.0 Å². The van der Waals surface area contributed by atoms with Crippen LogP contribution in [0.1, 0.15) is 43.0 Å². The Morgan fingerprint density at radius 2 is 2.17 bits per heavy atom. The summed E-state index contributed by atoms with van der Waals surface area (Å²) in [6.07, 6.45) is 6.21. The van der Waals surface area contributed by atoms with Crippen LogP contribution in [-0.4, -0.2) is 35.4 Å². The molecule has 1 amide bonds. The van der Waals surface area contributed by atoms with Crippen molar-refractivity contribution in [1.29, 1.82) is 0 Å². The molecular formula is C14H21N3O. The number of hydrogen-bond donors (Lipinski definition) is 1. The van der Waals surface area contributed by atoms with E-state index in [2.05, 4.69) is 17.2 Å². The van der Waals surface area contributed by atoms with E-state index in [0.29, 0.717) is 5.56 Å². The highest BCUT2D eigenvalue weighted by molar-refractivity contribution is 5.98. The molecular weight excluding hydrogens is 226 g/mol. The van der Waals surface area contributed by atoms with Crippen molar-refractivity contribution in [3.63, 3.8) is 0 Å². The zero-order valence-corrected chi connectivity index (χ0v) is 11.0. The van der Waals surface area contributed by atoms with Gasteiger partial charge in [-0.25, -0.2) is 4.98 Å². The number of amides is 1. The van der Waals surface area contributed by atoms with Crippen molar-refractivity contribution in [1.82, 2.24) is 9.88 Å². The van der Waals surface area contributed by atoms with E-state index in [1.54, 1.807) is 6.20 Å². The number of pyridine rings is 1. The molecule has 2 rings (SSSR count). The van der Waals surface area contributed by atoms with Crippen LogP contribution in [0.15, 0.2) is 18.3 Å². The lowest BCUT2D eigenvalue weighted by Gasteiger charge is -2.27. The molecule has 0 aliphatic carbocycles. The van der Waals surface area contributed by atoms with Gasteiger partial charge in [0.15, 0.2) is 0 Å². The summed E-state index contributed by atoms with van der Waals surface area (Å²) < 4.78 is 0. The molecule has 0 unspecified atom stereocenters. The van der Waals surface area contributed by atoms with Gasteiger partial charge in [-0.1, -0.05) is 6.92 Å². The Bertz CT molecular complexity index is 400. The van der Waals surface area contributed by atoms with Gasteiger partial charge >= 0.3 is 0 Å². The third kappa shape index (κ3) is 3.00. The Balaban J connectivity index is 2.12. The van der Waals surface area contributed by atoms with Crippen LogP contribution in [0.2, 0.25) is 0 Å². The van der Waals surface area contributed by atoms with Gasteiger partial charge in [0.05, 0.1) is 5.56 Å². The second-order valence-corrected chi connectivity index (χ2v) is 4.68. The van der Waals surface area contributed by atoms with Gasteiger partial charge in [-0.15, -0.1) is 0 Å². The number of aromatic nitrogens is 1. The van der Waals surface area contributed by atoms with E-state index in [-0.39, 0.29) is 5.91 Å². The standard InChI is InChI=1S/C14H21N3O/c1-2-8-15-13-12(7-6-9-16-13)14(18)17-10-4-3-5-11-17/h6-7,9H,2-5,8,10-11H2,1H3,(H,15,16). The monoisotopic (exact) mass is 247 g/mol. The second-order valence-electron chi connectivity index (χ2n) is 4.68. The fourth-order valence-electron chi connectivity index (χ4n) is 2.23. The third-order valence-electron chi connectivity index (χ3n) is 3.22. The molecule has 98 valence electrons. The van der Waals surface area contributed by atoms with Crippen molar-refractivity contribution < 1.29 is 4.79 Å². The van der Waals surface area contributed by atoms with Crippen molar-refractivity contribution >= 4 is 11.7 Å². The van der Waals surface area contributed by atoms with Gasteiger partial charge in [0, 0.05) is 25.8 Å². The number of anilines is 1. The fourth-order valence-corrected chi connectivity index (χ4v) is 2.23. The number of rotatable bonds is 4. The zero-order valence-electron chi connectivity index (χ0n) is 11.0. The average molecular weight is 247 g/mol. The Kier molecular flexibility index (Phi) is 4.56. The molecule has 1 fully saturated rings. The van der Waals surface area contributed by atoms with E-state index in [9.17, 15) is 4.79 Å². The minimum atomic E-state index is 0.112. The molecule has 1 aliphatic rings. The minimum Gasteiger partial charge on any atom is -0.369 e. The molecule has 0 bridgehead atoms. The molecule has 0 aromatic carbocycles. The summed E-state index contributed by atoms with van der Waals surface area (Å²) in [6.45, 7) is 4.70. The largest absolute Gasteiger partial charge is 0.369 e. The van der Waals surface area contributed by atoms with E-state index in [0.717, 1.165) is 44.7 Å². The van der Waals surface area contributed by atoms with E-state index >= 15 is 0 Å². The summed E-state index contributed by atoms with van der Waals surface area (Å²) >= 11 is 0. The van der Waals surface area contributed by atoms with Gasteiger partial charge < -0.3 is 10.2 Å². The first-order chi connectivity index (χ1) is 8.83. The van der Waals surface area contributed by atoms with Gasteiger partial charge in [0.2, 0.25) is 0 Å². The molecule has 2 heterocycles. The minimum absolute atomic E-state index is 0.112. The quantitative estimate of drug-likeness (QED) is 0.889. The number of nitrogens with zero attached hydrogens (tertiary/aromatic N) is 2. The van der Waals surface area contributed by atoms with E-state index in [1.165, 1.54) is 6.42 Å². The molecule has 18 heavy (non-hydrogen) atoms. The Hall–Kier alpha value is -1.58. The summed E-state index contributed by atoms with van der Waals surface area (Å²) in [5, 5.41) is 3.22. The molecule has 0 saturated carbocycles. The maximum Gasteiger partial charge on any atom is 0.257 e. The van der Waals surface area contributed by atoms with Crippen molar-refractivity contribution in [2.24, 2.45) is 0 Å². The average Bonchev–Trinajstić information content (AvgIpc) is 2.45. The van der Waals surface area contributed by atoms with Crippen LogP contribution in [-0.2, 0) is 0 Å². The first kappa shape index (κ1) is 12.9. The third-order valence-corrected chi connectivity index (χ3v) is 3.22. The van der Waals surface area contributed by atoms with Crippen molar-refractivity contribution in [3.05, 3.63) is 23.9 Å². The molecule has 1 aromatic rings. The molecule has 1 saturated heterocycles. The van der Waals surface area contributed by atoms with Crippen LogP contribution >= 0.6 is 0 Å². The van der Waals surface area contributed by atoms with Gasteiger partial charge in [-0.05, 0) is 37.8 Å². The molecule has 1 aliphatic heterocycles. The van der Waals surface area contributed by atoms with Crippen molar-refractivity contribution in [2.45, 2.75) is 32.6 Å². The first-order valence-corrected chi connectivity index (χ1v) is 6.81. The fraction of sp³-hybridized carbons (Fsp3) is 0.571. The molecule has 0 spiro atoms. The van der Waals surface area contributed by atoms with Gasteiger partial charge in [-0.3, -0.25) is 4.79 Å². The molecule has 4 nitrogen and oxygen atoms in total. The SMILES string of the molecule is CCCNc1ncccc1C(=O)N1CCCCC1. The molecule has 4 heteroatoms. The number of nitrogens with one attached hydrogen (secondary N) is 1. The highest BCUT2D eigenvalue weighted by Gasteiger charge is 2.20. The lowest BCUT2D eigenvalue weighted by molar-refractivity contribution is 0.0725. The van der Waals surface area contributed by atoms with Crippen LogP contribution in [0.3, 0.4) is 0 Å². The Labute approximate surface area is 108 Å². The predicted molar refractivity (Wildman–Crippen MR) is 72.8 cm³/mol. The smallest absolute Gasteiger partial charge is 0.257 e. The maximum absolute atomic E-state index is 12.4. The van der Waals surface area contributed by atoms with Crippen LogP contribution in [0.5, 0.6) is 0 Å². The number of carbonyl (C=O) groups excluding carboxylic acids is 1. The summed E-state index contributed by atoms with van der Waals surface area (Å²) in [6, 6.07) is 3.69. The van der Waals surface area contributed by atoms with E-state index in [4.69, 9.17) is 0 Å². The molecule has 1 N–H and O–H groups in total. The zero-order chi connectivity index (χ0) is 12.8. The Morgan fingerprint density at radius 3 is 2.89 bits per heavy atom. The van der Waals surface area contributed by atoms with Crippen molar-refractivity contribution in [2.75, 3.05) is 25.0 Å². The van der Waals surface area contributed by atoms with Gasteiger partial charge in [0.1, 0.15) is 5.82 Å². The first-order valence-electron chi connectivity index (χ1n) is 6.81. The van der Waals surface area contributed by atoms with Crippen LogP contribution in [0.4, 0.5) is 5.82 Å². The topological polar surface area (TPSA) is 45.2 Å². The lowest BCUT2D eigenvalue weighted by atomic mass is 10.1. The van der Waals surface area contributed by atoms with E-state index < -0.39 is 0 Å². The maximum atomic E-state index is 12.4. The molecule has 1 aromatic heterocycles. The Morgan fingerprint density at radius 1 is 1.39 bits per heavy atom. The number of likely N-dealkylation sites (tertiary alicyclic amines) is 1. The number of piperidine rings is 1. The van der Waals surface area contributed by atoms with Gasteiger partial charge in [-0.2, -0.15) is 0 Å². The predicted octanol–water partition coefficient (Wildman–Crippen LogP) is 2.53. The highest BCUT2D eigenvalue weighted by Crippen LogP contribution is 2.17. The molecule has 0 atom stereocenters. The highest BCUT2D eigenvalue weighted by atomic mass is 16.2. The van der Waals surface area contributed by atoms with Crippen LogP contribution < -0.4 is 5.32 Å². The summed E-state index contributed by atoms with van der Waals surface area (Å²) in [7, 11) is 0.